The normalized spacial score (nSPS) is 28.6. The Labute approximate surface area is 98.2 Å². The molecule has 1 fully saturated rings. The summed E-state index contributed by atoms with van der Waals surface area (Å²) in [6.07, 6.45) is 1.39. The second kappa shape index (κ2) is 5.64. The first kappa shape index (κ1) is 13.5. The first-order valence-corrected chi connectivity index (χ1v) is 6.13. The molecule has 0 spiro atoms. The minimum absolute atomic E-state index is 0.131. The molecule has 1 aliphatic heterocycles. The second-order valence-corrected chi connectivity index (χ2v) is 4.96. The van der Waals surface area contributed by atoms with Crippen LogP contribution in [0.4, 0.5) is 0 Å². The lowest BCUT2D eigenvalue weighted by atomic mass is 10.1. The van der Waals surface area contributed by atoms with Gasteiger partial charge in [0.05, 0.1) is 6.42 Å². The second-order valence-electron chi connectivity index (χ2n) is 4.96. The smallest absolute Gasteiger partial charge is 0.304 e. The lowest BCUT2D eigenvalue weighted by molar-refractivity contribution is -0.138. The van der Waals surface area contributed by atoms with Crippen LogP contribution in [-0.4, -0.2) is 59.1 Å². The molecule has 4 nitrogen and oxygen atoms in total. The van der Waals surface area contributed by atoms with E-state index in [1.54, 1.807) is 0 Å². The molecule has 1 heterocycles. The highest BCUT2D eigenvalue weighted by Crippen LogP contribution is 2.22. The van der Waals surface area contributed by atoms with Crippen LogP contribution in [0, 0.1) is 0 Å². The molecule has 0 radical (unpaired) electrons. The Kier molecular flexibility index (Phi) is 4.74. The van der Waals surface area contributed by atoms with Gasteiger partial charge in [-0.1, -0.05) is 6.92 Å². The molecular weight excluding hydrogens is 204 g/mol. The van der Waals surface area contributed by atoms with Crippen LogP contribution in [0.1, 0.15) is 33.6 Å². The standard InChI is InChI=1S/C12H24N2O2/c1-5-14(10(3)7-12(15)16)11-6-9(2)13(4)8-11/h9-11H,5-8H2,1-4H3,(H,15,16). The zero-order valence-electron chi connectivity index (χ0n) is 10.8. The minimum Gasteiger partial charge on any atom is -0.481 e. The van der Waals surface area contributed by atoms with E-state index < -0.39 is 5.97 Å². The van der Waals surface area contributed by atoms with Crippen LogP contribution in [0.25, 0.3) is 0 Å². The van der Waals surface area contributed by atoms with Gasteiger partial charge in [-0.25, -0.2) is 0 Å². The summed E-state index contributed by atoms with van der Waals surface area (Å²) in [6, 6.07) is 1.25. The molecule has 3 atom stereocenters. The van der Waals surface area contributed by atoms with Crippen molar-refractivity contribution in [1.29, 1.82) is 0 Å². The average Bonchev–Trinajstić information content (AvgIpc) is 2.46. The van der Waals surface area contributed by atoms with E-state index in [2.05, 4.69) is 30.7 Å². The molecular formula is C12H24N2O2. The molecule has 0 aromatic carbocycles. The summed E-state index contributed by atoms with van der Waals surface area (Å²) in [4.78, 5) is 15.4. The summed E-state index contributed by atoms with van der Waals surface area (Å²) in [5, 5.41) is 8.84. The molecule has 16 heavy (non-hydrogen) atoms. The highest BCUT2D eigenvalue weighted by Gasteiger charge is 2.32. The van der Waals surface area contributed by atoms with Crippen molar-refractivity contribution in [3.63, 3.8) is 0 Å². The van der Waals surface area contributed by atoms with Gasteiger partial charge < -0.3 is 10.0 Å². The van der Waals surface area contributed by atoms with Crippen LogP contribution in [0.3, 0.4) is 0 Å². The van der Waals surface area contributed by atoms with E-state index in [-0.39, 0.29) is 12.5 Å². The molecule has 0 aromatic heterocycles. The van der Waals surface area contributed by atoms with Crippen molar-refractivity contribution in [3.05, 3.63) is 0 Å². The van der Waals surface area contributed by atoms with E-state index in [1.807, 2.05) is 6.92 Å². The third-order valence-electron chi connectivity index (χ3n) is 3.73. The first-order chi connectivity index (χ1) is 7.45. The summed E-state index contributed by atoms with van der Waals surface area (Å²) < 4.78 is 0. The van der Waals surface area contributed by atoms with Crippen LogP contribution in [0.5, 0.6) is 0 Å². The third kappa shape index (κ3) is 3.19. The molecule has 1 N–H and O–H groups in total. The van der Waals surface area contributed by atoms with Gasteiger partial charge in [0.2, 0.25) is 0 Å². The van der Waals surface area contributed by atoms with Gasteiger partial charge in [-0.05, 0) is 33.9 Å². The van der Waals surface area contributed by atoms with Gasteiger partial charge in [0.25, 0.3) is 0 Å². The van der Waals surface area contributed by atoms with E-state index in [0.717, 1.165) is 19.5 Å². The molecule has 0 aromatic rings. The molecule has 0 saturated carbocycles. The molecule has 3 unspecified atom stereocenters. The van der Waals surface area contributed by atoms with Crippen LogP contribution >= 0.6 is 0 Å². The van der Waals surface area contributed by atoms with Crippen molar-refractivity contribution in [2.24, 2.45) is 0 Å². The molecule has 4 heteroatoms. The highest BCUT2D eigenvalue weighted by molar-refractivity contribution is 5.67. The van der Waals surface area contributed by atoms with E-state index in [9.17, 15) is 4.79 Å². The van der Waals surface area contributed by atoms with Crippen molar-refractivity contribution in [2.75, 3.05) is 20.1 Å². The predicted octanol–water partition coefficient (Wildman–Crippen LogP) is 1.26. The Morgan fingerprint density at radius 1 is 1.62 bits per heavy atom. The topological polar surface area (TPSA) is 43.8 Å². The Hall–Kier alpha value is -0.610. The molecule has 1 rings (SSSR count). The van der Waals surface area contributed by atoms with Crippen LogP contribution < -0.4 is 0 Å². The van der Waals surface area contributed by atoms with Gasteiger partial charge in [0.1, 0.15) is 0 Å². The fourth-order valence-electron chi connectivity index (χ4n) is 2.70. The number of hydrogen-bond acceptors (Lipinski definition) is 3. The zero-order chi connectivity index (χ0) is 12.3. The number of nitrogens with zero attached hydrogens (tertiary/aromatic N) is 2. The number of hydrogen-bond donors (Lipinski definition) is 1. The number of rotatable bonds is 5. The van der Waals surface area contributed by atoms with Crippen molar-refractivity contribution in [1.82, 2.24) is 9.80 Å². The maximum absolute atomic E-state index is 10.7. The number of likely N-dealkylation sites (N-methyl/N-ethyl adjacent to an activating group) is 2. The quantitative estimate of drug-likeness (QED) is 0.769. The molecule has 0 amide bonds. The zero-order valence-corrected chi connectivity index (χ0v) is 10.8. The monoisotopic (exact) mass is 228 g/mol. The lowest BCUT2D eigenvalue weighted by Gasteiger charge is -2.32. The molecule has 1 aliphatic rings. The summed E-state index contributed by atoms with van der Waals surface area (Å²) in [5.74, 6) is -0.703. The van der Waals surface area contributed by atoms with Gasteiger partial charge in [-0.15, -0.1) is 0 Å². The van der Waals surface area contributed by atoms with Gasteiger partial charge in [-0.2, -0.15) is 0 Å². The SMILES string of the molecule is CCN(C(C)CC(=O)O)C1CC(C)N(C)C1. The fraction of sp³-hybridized carbons (Fsp3) is 0.917. The molecule has 0 bridgehead atoms. The average molecular weight is 228 g/mol. The number of aliphatic carboxylic acids is 1. The molecule has 1 saturated heterocycles. The van der Waals surface area contributed by atoms with Gasteiger partial charge in [-0.3, -0.25) is 9.69 Å². The Morgan fingerprint density at radius 3 is 2.62 bits per heavy atom. The van der Waals surface area contributed by atoms with E-state index in [1.165, 1.54) is 0 Å². The Balaban J connectivity index is 2.57. The van der Waals surface area contributed by atoms with E-state index >= 15 is 0 Å². The van der Waals surface area contributed by atoms with Gasteiger partial charge >= 0.3 is 5.97 Å². The Bertz CT molecular complexity index is 235. The number of carboxylic acids is 1. The Morgan fingerprint density at radius 2 is 2.25 bits per heavy atom. The molecule has 94 valence electrons. The van der Waals surface area contributed by atoms with Gasteiger partial charge in [0.15, 0.2) is 0 Å². The maximum atomic E-state index is 10.7. The summed E-state index contributed by atoms with van der Waals surface area (Å²) >= 11 is 0. The minimum atomic E-state index is -0.703. The van der Waals surface area contributed by atoms with Crippen molar-refractivity contribution < 1.29 is 9.90 Å². The van der Waals surface area contributed by atoms with Crippen LogP contribution in [0.2, 0.25) is 0 Å². The lowest BCUT2D eigenvalue weighted by Crippen LogP contribution is -2.43. The van der Waals surface area contributed by atoms with Crippen LogP contribution in [0.15, 0.2) is 0 Å². The predicted molar refractivity (Wildman–Crippen MR) is 64.6 cm³/mol. The van der Waals surface area contributed by atoms with Crippen LogP contribution in [-0.2, 0) is 4.79 Å². The fourth-order valence-corrected chi connectivity index (χ4v) is 2.70. The highest BCUT2D eigenvalue weighted by atomic mass is 16.4. The largest absolute Gasteiger partial charge is 0.481 e. The van der Waals surface area contributed by atoms with Crippen molar-refractivity contribution in [3.8, 4) is 0 Å². The number of carbonyl (C=O) groups is 1. The number of carboxylic acid groups (broad SMARTS) is 1. The summed E-state index contributed by atoms with van der Waals surface area (Å²) in [7, 11) is 2.14. The third-order valence-corrected chi connectivity index (χ3v) is 3.73. The first-order valence-electron chi connectivity index (χ1n) is 6.13. The summed E-state index contributed by atoms with van der Waals surface area (Å²) in [5.41, 5.74) is 0. The maximum Gasteiger partial charge on any atom is 0.304 e. The molecule has 0 aliphatic carbocycles. The van der Waals surface area contributed by atoms with Crippen molar-refractivity contribution >= 4 is 5.97 Å². The van der Waals surface area contributed by atoms with E-state index in [4.69, 9.17) is 5.11 Å². The van der Waals surface area contributed by atoms with Crippen molar-refractivity contribution in [2.45, 2.75) is 51.7 Å². The number of likely N-dealkylation sites (tertiary alicyclic amines) is 1. The van der Waals surface area contributed by atoms with E-state index in [0.29, 0.717) is 12.1 Å². The summed E-state index contributed by atoms with van der Waals surface area (Å²) in [6.45, 7) is 8.34. The van der Waals surface area contributed by atoms with Gasteiger partial charge in [0, 0.05) is 24.7 Å².